The Morgan fingerprint density at radius 2 is 2.38 bits per heavy atom. The number of aliphatic hydroxyl groups is 1. The monoisotopic (exact) mass is 224 g/mol. The molecule has 0 aliphatic carbocycles. The van der Waals surface area contributed by atoms with Gasteiger partial charge in [-0.15, -0.1) is 0 Å². The number of aryl methyl sites for hydroxylation is 2. The third kappa shape index (κ3) is 1.82. The zero-order valence-electron chi connectivity index (χ0n) is 9.56. The Morgan fingerprint density at radius 1 is 1.62 bits per heavy atom. The summed E-state index contributed by atoms with van der Waals surface area (Å²) in [6, 6.07) is -0.0719. The zero-order valence-corrected chi connectivity index (χ0v) is 9.56. The summed E-state index contributed by atoms with van der Waals surface area (Å²) in [6.07, 6.45) is 1.79. The summed E-state index contributed by atoms with van der Waals surface area (Å²) >= 11 is 0. The molecular formula is C11H16N2O3. The fraction of sp³-hybridized carbons (Fsp3) is 0.636. The second kappa shape index (κ2) is 4.25. The van der Waals surface area contributed by atoms with Crippen LogP contribution < -0.4 is 0 Å². The zero-order chi connectivity index (χ0) is 11.7. The van der Waals surface area contributed by atoms with Crippen molar-refractivity contribution in [3.05, 3.63) is 17.3 Å². The number of nitrogens with zero attached hydrogens (tertiary/aromatic N) is 2. The summed E-state index contributed by atoms with van der Waals surface area (Å²) in [5.74, 6) is 0.646. The van der Waals surface area contributed by atoms with Crippen molar-refractivity contribution in [1.82, 2.24) is 9.88 Å². The van der Waals surface area contributed by atoms with Crippen molar-refractivity contribution in [3.8, 4) is 0 Å². The lowest BCUT2D eigenvalue weighted by atomic mass is 10.2. The molecule has 1 unspecified atom stereocenters. The van der Waals surface area contributed by atoms with Gasteiger partial charge in [-0.25, -0.2) is 4.98 Å². The van der Waals surface area contributed by atoms with E-state index in [4.69, 9.17) is 9.52 Å². The van der Waals surface area contributed by atoms with Crippen LogP contribution in [0.5, 0.6) is 0 Å². The highest BCUT2D eigenvalue weighted by Gasteiger charge is 2.31. The molecule has 0 saturated carbocycles. The number of hydrogen-bond donors (Lipinski definition) is 1. The summed E-state index contributed by atoms with van der Waals surface area (Å²) in [5.41, 5.74) is 0.617. The van der Waals surface area contributed by atoms with Gasteiger partial charge in [-0.3, -0.25) is 4.79 Å². The first-order valence-corrected chi connectivity index (χ1v) is 5.49. The van der Waals surface area contributed by atoms with Gasteiger partial charge in [0.05, 0.1) is 18.3 Å². The molecule has 0 aromatic carbocycles. The van der Waals surface area contributed by atoms with Gasteiger partial charge < -0.3 is 14.4 Å². The van der Waals surface area contributed by atoms with Crippen LogP contribution >= 0.6 is 0 Å². The lowest BCUT2D eigenvalue weighted by Crippen LogP contribution is -2.37. The summed E-state index contributed by atoms with van der Waals surface area (Å²) < 4.78 is 5.30. The number of likely N-dealkylation sites (tertiary alicyclic amines) is 1. The summed E-state index contributed by atoms with van der Waals surface area (Å²) in [6.45, 7) is 4.17. The van der Waals surface area contributed by atoms with Crippen molar-refractivity contribution < 1.29 is 14.3 Å². The second-order valence-electron chi connectivity index (χ2n) is 4.12. The van der Waals surface area contributed by atoms with E-state index < -0.39 is 0 Å². The van der Waals surface area contributed by atoms with Crippen molar-refractivity contribution >= 4 is 5.91 Å². The fourth-order valence-corrected chi connectivity index (χ4v) is 2.15. The Bertz CT molecular complexity index is 400. The van der Waals surface area contributed by atoms with Crippen molar-refractivity contribution in [1.29, 1.82) is 0 Å². The second-order valence-corrected chi connectivity index (χ2v) is 4.12. The Morgan fingerprint density at radius 3 is 2.94 bits per heavy atom. The maximum absolute atomic E-state index is 12.1. The standard InChI is InChI=1S/C11H16N2O3/c1-7-10(16-8(2)12-7)11(15)13-5-3-4-9(13)6-14/h9,14H,3-6H2,1-2H3. The van der Waals surface area contributed by atoms with Gasteiger partial charge in [0.15, 0.2) is 5.89 Å². The predicted octanol–water partition coefficient (Wildman–Crippen LogP) is 0.888. The Labute approximate surface area is 94.1 Å². The van der Waals surface area contributed by atoms with Crippen molar-refractivity contribution in [2.75, 3.05) is 13.2 Å². The smallest absolute Gasteiger partial charge is 0.291 e. The first kappa shape index (κ1) is 11.1. The van der Waals surface area contributed by atoms with Gasteiger partial charge >= 0.3 is 0 Å². The molecule has 5 nitrogen and oxygen atoms in total. The number of carbonyl (C=O) groups is 1. The average molecular weight is 224 g/mol. The molecule has 2 heterocycles. The third-order valence-corrected chi connectivity index (χ3v) is 2.95. The van der Waals surface area contributed by atoms with E-state index in [9.17, 15) is 4.79 Å². The first-order valence-electron chi connectivity index (χ1n) is 5.49. The van der Waals surface area contributed by atoms with E-state index in [1.807, 2.05) is 0 Å². The van der Waals surface area contributed by atoms with E-state index in [1.165, 1.54) is 0 Å². The summed E-state index contributed by atoms with van der Waals surface area (Å²) in [5, 5.41) is 9.17. The first-order chi connectivity index (χ1) is 7.63. The molecule has 1 atom stereocenters. The normalized spacial score (nSPS) is 20.4. The number of hydrogen-bond acceptors (Lipinski definition) is 4. The number of oxazole rings is 1. The van der Waals surface area contributed by atoms with Gasteiger partial charge in [0.25, 0.3) is 5.91 Å². The molecule has 2 rings (SSSR count). The van der Waals surface area contributed by atoms with Gasteiger partial charge in [-0.05, 0) is 19.8 Å². The minimum atomic E-state index is -0.158. The van der Waals surface area contributed by atoms with Crippen LogP contribution in [0.25, 0.3) is 0 Å². The largest absolute Gasteiger partial charge is 0.436 e. The maximum Gasteiger partial charge on any atom is 0.291 e. The Balaban J connectivity index is 2.21. The Kier molecular flexibility index (Phi) is 2.96. The van der Waals surface area contributed by atoms with Gasteiger partial charge in [0.2, 0.25) is 5.76 Å². The fourth-order valence-electron chi connectivity index (χ4n) is 2.15. The number of carbonyl (C=O) groups excluding carboxylic acids is 1. The van der Waals surface area contributed by atoms with Gasteiger partial charge in [-0.2, -0.15) is 0 Å². The molecule has 1 fully saturated rings. The predicted molar refractivity (Wildman–Crippen MR) is 57.1 cm³/mol. The van der Waals surface area contributed by atoms with Crippen LogP contribution in [0, 0.1) is 13.8 Å². The molecule has 1 amide bonds. The molecule has 0 radical (unpaired) electrons. The maximum atomic E-state index is 12.1. The molecule has 0 spiro atoms. The van der Waals surface area contributed by atoms with Crippen LogP contribution in [0.3, 0.4) is 0 Å². The van der Waals surface area contributed by atoms with Crippen molar-refractivity contribution in [3.63, 3.8) is 0 Å². The molecule has 1 aliphatic heterocycles. The SMILES string of the molecule is Cc1nc(C)c(C(=O)N2CCCC2CO)o1. The van der Waals surface area contributed by atoms with Gasteiger partial charge in [0.1, 0.15) is 0 Å². The van der Waals surface area contributed by atoms with E-state index in [-0.39, 0.29) is 18.6 Å². The van der Waals surface area contributed by atoms with Crippen LogP contribution in [0.15, 0.2) is 4.42 Å². The number of amides is 1. The number of aromatic nitrogens is 1. The number of rotatable bonds is 2. The molecular weight excluding hydrogens is 208 g/mol. The molecule has 0 bridgehead atoms. The highest BCUT2D eigenvalue weighted by molar-refractivity contribution is 5.92. The van der Waals surface area contributed by atoms with Crippen molar-refractivity contribution in [2.24, 2.45) is 0 Å². The molecule has 1 aromatic heterocycles. The van der Waals surface area contributed by atoms with E-state index >= 15 is 0 Å². The van der Waals surface area contributed by atoms with Gasteiger partial charge in [-0.1, -0.05) is 0 Å². The molecule has 1 aromatic rings. The minimum absolute atomic E-state index is 0.0118. The summed E-state index contributed by atoms with van der Waals surface area (Å²) in [4.78, 5) is 17.9. The lowest BCUT2D eigenvalue weighted by Gasteiger charge is -2.21. The van der Waals surface area contributed by atoms with Crippen LogP contribution in [0.2, 0.25) is 0 Å². The average Bonchev–Trinajstić information content (AvgIpc) is 2.83. The van der Waals surface area contributed by atoms with Crippen LogP contribution in [0.1, 0.15) is 35.0 Å². The topological polar surface area (TPSA) is 66.6 Å². The summed E-state index contributed by atoms with van der Waals surface area (Å²) in [7, 11) is 0. The molecule has 1 saturated heterocycles. The molecule has 5 heteroatoms. The van der Waals surface area contributed by atoms with Crippen molar-refractivity contribution in [2.45, 2.75) is 32.7 Å². The molecule has 1 aliphatic rings. The van der Waals surface area contributed by atoms with E-state index in [0.717, 1.165) is 12.8 Å². The quantitative estimate of drug-likeness (QED) is 0.810. The highest BCUT2D eigenvalue weighted by Crippen LogP contribution is 2.21. The Hall–Kier alpha value is -1.36. The van der Waals surface area contributed by atoms with E-state index in [0.29, 0.717) is 23.9 Å². The highest BCUT2D eigenvalue weighted by atomic mass is 16.4. The van der Waals surface area contributed by atoms with Crippen LogP contribution in [-0.2, 0) is 0 Å². The molecule has 88 valence electrons. The molecule has 16 heavy (non-hydrogen) atoms. The minimum Gasteiger partial charge on any atom is -0.436 e. The lowest BCUT2D eigenvalue weighted by molar-refractivity contribution is 0.0643. The van der Waals surface area contributed by atoms with Gasteiger partial charge in [0, 0.05) is 13.5 Å². The molecule has 1 N–H and O–H groups in total. The van der Waals surface area contributed by atoms with E-state index in [2.05, 4.69) is 4.98 Å². The third-order valence-electron chi connectivity index (χ3n) is 2.95. The van der Waals surface area contributed by atoms with E-state index in [1.54, 1.807) is 18.7 Å². The van der Waals surface area contributed by atoms with Crippen LogP contribution in [-0.4, -0.2) is 40.1 Å². The number of aliphatic hydroxyl groups excluding tert-OH is 1. The van der Waals surface area contributed by atoms with Crippen LogP contribution in [0.4, 0.5) is 0 Å².